The van der Waals surface area contributed by atoms with Crippen LogP contribution in [0.5, 0.6) is 0 Å². The van der Waals surface area contributed by atoms with Gasteiger partial charge in [0, 0.05) is 32.1 Å². The lowest BCUT2D eigenvalue weighted by Gasteiger charge is -2.21. The van der Waals surface area contributed by atoms with Crippen LogP contribution in [0.3, 0.4) is 0 Å². The molecule has 5 nitrogen and oxygen atoms in total. The Morgan fingerprint density at radius 2 is 2.42 bits per heavy atom. The molecule has 0 saturated carbocycles. The SMILES string of the molecule is C[C@@]1(C(=O)NCCCNc2cccnc2)CCCO1. The Labute approximate surface area is 113 Å². The number of nitrogens with zero attached hydrogens (tertiary/aromatic N) is 1. The van der Waals surface area contributed by atoms with E-state index in [1.807, 2.05) is 19.1 Å². The number of amides is 1. The number of carbonyl (C=O) groups is 1. The standard InChI is InChI=1S/C14H21N3O2/c1-14(6-3-10-19-14)13(18)17-9-4-8-16-12-5-2-7-15-11-12/h2,5,7,11,16H,3-4,6,8-10H2,1H3,(H,17,18)/t14-/m0/s1. The summed E-state index contributed by atoms with van der Waals surface area (Å²) in [5, 5.41) is 6.18. The predicted octanol–water partition coefficient (Wildman–Crippen LogP) is 1.57. The molecule has 19 heavy (non-hydrogen) atoms. The molecule has 0 unspecified atom stereocenters. The maximum Gasteiger partial charge on any atom is 0.251 e. The average molecular weight is 263 g/mol. The second-order valence-corrected chi connectivity index (χ2v) is 4.96. The lowest BCUT2D eigenvalue weighted by Crippen LogP contribution is -2.44. The molecular formula is C14H21N3O2. The molecule has 0 bridgehead atoms. The predicted molar refractivity (Wildman–Crippen MR) is 73.9 cm³/mol. The van der Waals surface area contributed by atoms with Crippen molar-refractivity contribution < 1.29 is 9.53 Å². The molecule has 0 aliphatic carbocycles. The van der Waals surface area contributed by atoms with E-state index in [4.69, 9.17) is 4.74 Å². The highest BCUT2D eigenvalue weighted by Crippen LogP contribution is 2.24. The van der Waals surface area contributed by atoms with Gasteiger partial charge in [0.1, 0.15) is 5.60 Å². The van der Waals surface area contributed by atoms with E-state index in [2.05, 4.69) is 15.6 Å². The minimum atomic E-state index is -0.614. The van der Waals surface area contributed by atoms with Gasteiger partial charge in [0.05, 0.1) is 5.69 Å². The van der Waals surface area contributed by atoms with Crippen LogP contribution in [0.25, 0.3) is 0 Å². The van der Waals surface area contributed by atoms with E-state index in [0.29, 0.717) is 13.2 Å². The van der Waals surface area contributed by atoms with Crippen LogP contribution >= 0.6 is 0 Å². The van der Waals surface area contributed by atoms with Crippen molar-refractivity contribution in [2.75, 3.05) is 25.0 Å². The van der Waals surface area contributed by atoms with Gasteiger partial charge in [-0.05, 0) is 38.3 Å². The van der Waals surface area contributed by atoms with Crippen LogP contribution in [0.4, 0.5) is 5.69 Å². The summed E-state index contributed by atoms with van der Waals surface area (Å²) in [6.07, 6.45) is 6.18. The molecule has 1 aliphatic heterocycles. The first-order chi connectivity index (χ1) is 9.21. The molecule has 104 valence electrons. The van der Waals surface area contributed by atoms with Crippen LogP contribution in [0, 0.1) is 0 Å². The highest BCUT2D eigenvalue weighted by molar-refractivity contribution is 5.84. The molecule has 0 radical (unpaired) electrons. The molecule has 1 aromatic rings. The highest BCUT2D eigenvalue weighted by Gasteiger charge is 2.37. The third kappa shape index (κ3) is 3.92. The smallest absolute Gasteiger partial charge is 0.251 e. The van der Waals surface area contributed by atoms with Crippen molar-refractivity contribution in [3.05, 3.63) is 24.5 Å². The van der Waals surface area contributed by atoms with E-state index in [0.717, 1.165) is 31.5 Å². The third-order valence-electron chi connectivity index (χ3n) is 3.33. The number of carbonyl (C=O) groups excluding carboxylic acids is 1. The van der Waals surface area contributed by atoms with Crippen LogP contribution in [-0.2, 0) is 9.53 Å². The van der Waals surface area contributed by atoms with Crippen molar-refractivity contribution in [1.29, 1.82) is 0 Å². The maximum atomic E-state index is 11.9. The molecule has 1 amide bonds. The number of anilines is 1. The van der Waals surface area contributed by atoms with E-state index in [-0.39, 0.29) is 5.91 Å². The first-order valence-electron chi connectivity index (χ1n) is 6.77. The number of hydrogen-bond donors (Lipinski definition) is 2. The van der Waals surface area contributed by atoms with Crippen molar-refractivity contribution in [2.24, 2.45) is 0 Å². The second-order valence-electron chi connectivity index (χ2n) is 4.96. The number of aromatic nitrogens is 1. The van der Waals surface area contributed by atoms with Gasteiger partial charge in [0.2, 0.25) is 0 Å². The Morgan fingerprint density at radius 1 is 1.53 bits per heavy atom. The molecule has 0 spiro atoms. The van der Waals surface area contributed by atoms with Crippen molar-refractivity contribution in [3.8, 4) is 0 Å². The normalized spacial score (nSPS) is 22.2. The number of nitrogens with one attached hydrogen (secondary N) is 2. The Morgan fingerprint density at radius 3 is 3.11 bits per heavy atom. The Bertz CT molecular complexity index is 402. The summed E-state index contributed by atoms with van der Waals surface area (Å²) in [4.78, 5) is 16.0. The van der Waals surface area contributed by atoms with Crippen molar-refractivity contribution in [3.63, 3.8) is 0 Å². The van der Waals surface area contributed by atoms with Gasteiger partial charge < -0.3 is 15.4 Å². The summed E-state index contributed by atoms with van der Waals surface area (Å²) >= 11 is 0. The summed E-state index contributed by atoms with van der Waals surface area (Å²) in [6.45, 7) is 4.02. The van der Waals surface area contributed by atoms with Gasteiger partial charge in [-0.3, -0.25) is 9.78 Å². The molecule has 5 heteroatoms. The van der Waals surface area contributed by atoms with Gasteiger partial charge in [0.25, 0.3) is 5.91 Å². The molecule has 0 aromatic carbocycles. The average Bonchev–Trinajstić information content (AvgIpc) is 2.88. The van der Waals surface area contributed by atoms with E-state index in [1.54, 1.807) is 12.4 Å². The molecule has 2 N–H and O–H groups in total. The largest absolute Gasteiger partial charge is 0.384 e. The van der Waals surface area contributed by atoms with Crippen LogP contribution in [0.15, 0.2) is 24.5 Å². The van der Waals surface area contributed by atoms with E-state index in [1.165, 1.54) is 0 Å². The van der Waals surface area contributed by atoms with Gasteiger partial charge in [0.15, 0.2) is 0 Å². The number of rotatable bonds is 6. The van der Waals surface area contributed by atoms with Gasteiger partial charge in [-0.2, -0.15) is 0 Å². The minimum Gasteiger partial charge on any atom is -0.384 e. The van der Waals surface area contributed by atoms with Gasteiger partial charge in [-0.25, -0.2) is 0 Å². The fourth-order valence-electron chi connectivity index (χ4n) is 2.14. The topological polar surface area (TPSA) is 63.2 Å². The monoisotopic (exact) mass is 263 g/mol. The van der Waals surface area contributed by atoms with Gasteiger partial charge in [-0.15, -0.1) is 0 Å². The van der Waals surface area contributed by atoms with Gasteiger partial charge >= 0.3 is 0 Å². The summed E-state index contributed by atoms with van der Waals surface area (Å²) in [6, 6.07) is 3.86. The first-order valence-corrected chi connectivity index (χ1v) is 6.77. The molecule has 1 atom stereocenters. The number of pyridine rings is 1. The summed E-state index contributed by atoms with van der Waals surface area (Å²) in [5.41, 5.74) is 0.386. The Kier molecular flexibility index (Phi) is 4.74. The van der Waals surface area contributed by atoms with Gasteiger partial charge in [-0.1, -0.05) is 0 Å². The Hall–Kier alpha value is -1.62. The Balaban J connectivity index is 1.60. The zero-order valence-corrected chi connectivity index (χ0v) is 11.3. The lowest BCUT2D eigenvalue weighted by atomic mass is 10.0. The summed E-state index contributed by atoms with van der Waals surface area (Å²) in [5.74, 6) is 0.00591. The van der Waals surface area contributed by atoms with E-state index < -0.39 is 5.60 Å². The first kappa shape index (κ1) is 13.8. The van der Waals surface area contributed by atoms with Crippen molar-refractivity contribution in [2.45, 2.75) is 31.8 Å². The zero-order valence-electron chi connectivity index (χ0n) is 11.3. The number of hydrogen-bond acceptors (Lipinski definition) is 4. The molecule has 2 rings (SSSR count). The van der Waals surface area contributed by atoms with Crippen molar-refractivity contribution >= 4 is 11.6 Å². The third-order valence-corrected chi connectivity index (χ3v) is 3.33. The fourth-order valence-corrected chi connectivity index (χ4v) is 2.14. The summed E-state index contributed by atoms with van der Waals surface area (Å²) in [7, 11) is 0. The molecule has 2 heterocycles. The number of ether oxygens (including phenoxy) is 1. The fraction of sp³-hybridized carbons (Fsp3) is 0.571. The van der Waals surface area contributed by atoms with E-state index >= 15 is 0 Å². The van der Waals surface area contributed by atoms with E-state index in [9.17, 15) is 4.79 Å². The molecule has 1 aliphatic rings. The summed E-state index contributed by atoms with van der Waals surface area (Å²) < 4.78 is 5.49. The quantitative estimate of drug-likeness (QED) is 0.765. The van der Waals surface area contributed by atoms with Crippen LogP contribution in [-0.4, -0.2) is 36.2 Å². The highest BCUT2D eigenvalue weighted by atomic mass is 16.5. The lowest BCUT2D eigenvalue weighted by molar-refractivity contribution is -0.139. The van der Waals surface area contributed by atoms with Crippen molar-refractivity contribution in [1.82, 2.24) is 10.3 Å². The van der Waals surface area contributed by atoms with Crippen LogP contribution in [0.1, 0.15) is 26.2 Å². The molecule has 1 fully saturated rings. The van der Waals surface area contributed by atoms with Crippen LogP contribution < -0.4 is 10.6 Å². The molecule has 1 saturated heterocycles. The maximum absolute atomic E-state index is 11.9. The minimum absolute atomic E-state index is 0.00591. The molecular weight excluding hydrogens is 242 g/mol. The second kappa shape index (κ2) is 6.52. The zero-order chi connectivity index (χ0) is 13.6. The van der Waals surface area contributed by atoms with Crippen LogP contribution in [0.2, 0.25) is 0 Å². The molecule has 1 aromatic heterocycles.